The Bertz CT molecular complexity index is 168. The lowest BCUT2D eigenvalue weighted by atomic mass is 9.98. The van der Waals surface area contributed by atoms with Crippen LogP contribution in [-0.4, -0.2) is 37.1 Å². The van der Waals surface area contributed by atoms with Crippen LogP contribution in [0.2, 0.25) is 0 Å². The topological polar surface area (TPSA) is 15.3 Å². The molecule has 0 aliphatic carbocycles. The van der Waals surface area contributed by atoms with Crippen LogP contribution in [0.15, 0.2) is 0 Å². The van der Waals surface area contributed by atoms with Gasteiger partial charge >= 0.3 is 0 Å². The highest BCUT2D eigenvalue weighted by atomic mass is 15.2. The second kappa shape index (κ2) is 6.49. The summed E-state index contributed by atoms with van der Waals surface area (Å²) >= 11 is 0. The maximum absolute atomic E-state index is 3.35. The second-order valence-electron chi connectivity index (χ2n) is 5.35. The minimum absolute atomic E-state index is 0.615. The molecule has 0 aromatic carbocycles. The third-order valence-electron chi connectivity index (χ3n) is 3.68. The molecule has 1 fully saturated rings. The van der Waals surface area contributed by atoms with Crippen LogP contribution < -0.4 is 5.32 Å². The molecule has 1 saturated heterocycles. The minimum Gasteiger partial charge on any atom is -0.316 e. The lowest BCUT2D eigenvalue weighted by molar-refractivity contribution is 0.146. The number of nitrogens with zero attached hydrogens (tertiary/aromatic N) is 1. The molecular weight excluding hydrogens is 184 g/mol. The summed E-state index contributed by atoms with van der Waals surface area (Å²) in [7, 11) is 2.06. The van der Waals surface area contributed by atoms with Crippen molar-refractivity contribution in [2.45, 2.75) is 58.5 Å². The van der Waals surface area contributed by atoms with Gasteiger partial charge in [0.25, 0.3) is 0 Å². The molecule has 2 nitrogen and oxygen atoms in total. The molecule has 90 valence electrons. The molecule has 2 heteroatoms. The van der Waals surface area contributed by atoms with Crippen LogP contribution in [0.3, 0.4) is 0 Å². The van der Waals surface area contributed by atoms with E-state index in [4.69, 9.17) is 0 Å². The summed E-state index contributed by atoms with van der Waals surface area (Å²) < 4.78 is 0. The summed E-state index contributed by atoms with van der Waals surface area (Å²) in [5.74, 6) is 0.798. The highest BCUT2D eigenvalue weighted by Gasteiger charge is 2.24. The van der Waals surface area contributed by atoms with Gasteiger partial charge < -0.3 is 5.32 Å². The van der Waals surface area contributed by atoms with E-state index in [-0.39, 0.29) is 0 Å². The molecule has 0 saturated carbocycles. The van der Waals surface area contributed by atoms with Crippen molar-refractivity contribution in [2.75, 3.05) is 20.1 Å². The molecule has 0 aromatic rings. The smallest absolute Gasteiger partial charge is 0.0163 e. The summed E-state index contributed by atoms with van der Waals surface area (Å²) in [5.41, 5.74) is 0. The zero-order chi connectivity index (χ0) is 11.3. The molecule has 15 heavy (non-hydrogen) atoms. The van der Waals surface area contributed by atoms with Crippen molar-refractivity contribution >= 4 is 0 Å². The van der Waals surface area contributed by atoms with Crippen LogP contribution in [0.25, 0.3) is 0 Å². The van der Waals surface area contributed by atoms with Gasteiger partial charge in [-0.3, -0.25) is 4.90 Å². The van der Waals surface area contributed by atoms with E-state index in [1.165, 1.54) is 38.8 Å². The normalized spacial score (nSPS) is 26.6. The molecule has 1 N–H and O–H groups in total. The first kappa shape index (κ1) is 13.0. The van der Waals surface area contributed by atoms with Crippen molar-refractivity contribution in [3.63, 3.8) is 0 Å². The van der Waals surface area contributed by atoms with Gasteiger partial charge in [-0.15, -0.1) is 0 Å². The first-order valence-electron chi connectivity index (χ1n) is 6.56. The monoisotopic (exact) mass is 212 g/mol. The molecule has 1 aliphatic rings. The molecule has 1 aliphatic heterocycles. The first-order valence-corrected chi connectivity index (χ1v) is 6.56. The third kappa shape index (κ3) is 4.12. The first-order chi connectivity index (χ1) is 7.15. The Morgan fingerprint density at radius 3 is 2.53 bits per heavy atom. The van der Waals surface area contributed by atoms with Gasteiger partial charge in [0.05, 0.1) is 0 Å². The van der Waals surface area contributed by atoms with E-state index >= 15 is 0 Å². The summed E-state index contributed by atoms with van der Waals surface area (Å²) in [6.07, 6.45) is 5.63. The van der Waals surface area contributed by atoms with Crippen LogP contribution in [0.4, 0.5) is 0 Å². The van der Waals surface area contributed by atoms with Crippen LogP contribution >= 0.6 is 0 Å². The number of hydrogen-bond acceptors (Lipinski definition) is 2. The number of likely N-dealkylation sites (N-methyl/N-ethyl adjacent to an activating group) is 1. The third-order valence-corrected chi connectivity index (χ3v) is 3.68. The Balaban J connectivity index is 2.53. The Morgan fingerprint density at radius 2 is 1.93 bits per heavy atom. The molecule has 0 bridgehead atoms. The van der Waals surface area contributed by atoms with Crippen LogP contribution in [0.5, 0.6) is 0 Å². The van der Waals surface area contributed by atoms with Crippen molar-refractivity contribution < 1.29 is 0 Å². The Kier molecular flexibility index (Phi) is 5.62. The summed E-state index contributed by atoms with van der Waals surface area (Å²) in [6.45, 7) is 9.52. The Morgan fingerprint density at radius 1 is 1.20 bits per heavy atom. The predicted molar refractivity (Wildman–Crippen MR) is 67.2 cm³/mol. The van der Waals surface area contributed by atoms with E-state index in [1.54, 1.807) is 0 Å². The largest absolute Gasteiger partial charge is 0.316 e. The second-order valence-corrected chi connectivity index (χ2v) is 5.35. The quantitative estimate of drug-likeness (QED) is 0.770. The summed E-state index contributed by atoms with van der Waals surface area (Å²) in [6, 6.07) is 1.42. The fourth-order valence-corrected chi connectivity index (χ4v) is 2.62. The van der Waals surface area contributed by atoms with E-state index in [0.29, 0.717) is 6.04 Å². The fraction of sp³-hybridized carbons (Fsp3) is 1.00. The van der Waals surface area contributed by atoms with Crippen molar-refractivity contribution in [2.24, 2.45) is 5.92 Å². The van der Waals surface area contributed by atoms with Gasteiger partial charge in [0, 0.05) is 18.6 Å². The lowest BCUT2D eigenvalue weighted by Gasteiger charge is -2.34. The van der Waals surface area contributed by atoms with E-state index in [9.17, 15) is 0 Å². The van der Waals surface area contributed by atoms with Crippen LogP contribution in [-0.2, 0) is 0 Å². The van der Waals surface area contributed by atoms with Crippen molar-refractivity contribution in [3.05, 3.63) is 0 Å². The van der Waals surface area contributed by atoms with Crippen molar-refractivity contribution in [1.29, 1.82) is 0 Å². The lowest BCUT2D eigenvalue weighted by Crippen LogP contribution is -2.45. The van der Waals surface area contributed by atoms with Gasteiger partial charge in [0.2, 0.25) is 0 Å². The number of hydrogen-bond donors (Lipinski definition) is 1. The van der Waals surface area contributed by atoms with Gasteiger partial charge in [-0.05, 0) is 39.3 Å². The van der Waals surface area contributed by atoms with Crippen LogP contribution in [0, 0.1) is 5.92 Å². The molecule has 1 rings (SSSR count). The standard InChI is InChI=1S/C13H28N2/c1-11(2)13-8-6-5-7-9-15(13)10-12(3)14-4/h11-14H,5-10H2,1-4H3. The van der Waals surface area contributed by atoms with Gasteiger partial charge in [-0.25, -0.2) is 0 Å². The van der Waals surface area contributed by atoms with E-state index in [2.05, 4.69) is 38.0 Å². The Labute approximate surface area is 95.4 Å². The maximum atomic E-state index is 3.35. The molecule has 2 unspecified atom stereocenters. The Hall–Kier alpha value is -0.0800. The van der Waals surface area contributed by atoms with Gasteiger partial charge in [0.1, 0.15) is 0 Å². The predicted octanol–water partition coefficient (Wildman–Crippen LogP) is 2.49. The van der Waals surface area contributed by atoms with Gasteiger partial charge in [-0.1, -0.05) is 26.7 Å². The van der Waals surface area contributed by atoms with E-state index < -0.39 is 0 Å². The minimum atomic E-state index is 0.615. The number of rotatable bonds is 4. The highest BCUT2D eigenvalue weighted by molar-refractivity contribution is 4.80. The SMILES string of the molecule is CNC(C)CN1CCCCCC1C(C)C. The molecular formula is C13H28N2. The van der Waals surface area contributed by atoms with Gasteiger partial charge in [0.15, 0.2) is 0 Å². The molecule has 0 spiro atoms. The van der Waals surface area contributed by atoms with E-state index in [0.717, 1.165) is 12.0 Å². The summed E-state index contributed by atoms with van der Waals surface area (Å²) in [5, 5.41) is 3.35. The summed E-state index contributed by atoms with van der Waals surface area (Å²) in [4.78, 5) is 2.71. The average molecular weight is 212 g/mol. The fourth-order valence-electron chi connectivity index (χ4n) is 2.62. The molecule has 1 heterocycles. The molecule has 0 amide bonds. The molecule has 0 radical (unpaired) electrons. The number of nitrogens with one attached hydrogen (secondary N) is 1. The van der Waals surface area contributed by atoms with Gasteiger partial charge in [-0.2, -0.15) is 0 Å². The van der Waals surface area contributed by atoms with E-state index in [1.807, 2.05) is 0 Å². The molecule has 0 aromatic heterocycles. The zero-order valence-electron chi connectivity index (χ0n) is 10.9. The van der Waals surface area contributed by atoms with Crippen molar-refractivity contribution in [1.82, 2.24) is 10.2 Å². The zero-order valence-corrected chi connectivity index (χ0v) is 10.9. The van der Waals surface area contributed by atoms with Crippen LogP contribution in [0.1, 0.15) is 46.5 Å². The maximum Gasteiger partial charge on any atom is 0.0163 e. The van der Waals surface area contributed by atoms with Crippen molar-refractivity contribution in [3.8, 4) is 0 Å². The highest BCUT2D eigenvalue weighted by Crippen LogP contribution is 2.22. The number of likely N-dealkylation sites (tertiary alicyclic amines) is 1. The average Bonchev–Trinajstić information content (AvgIpc) is 2.43. The molecule has 2 atom stereocenters.